The van der Waals surface area contributed by atoms with Gasteiger partial charge in [-0.05, 0) is 0 Å². The highest BCUT2D eigenvalue weighted by molar-refractivity contribution is 5.05. The Morgan fingerprint density at radius 1 is 0.476 bits per heavy atom. The van der Waals surface area contributed by atoms with Crippen LogP contribution in [0.3, 0.4) is 0 Å². The minimum atomic E-state index is -7.66. The fraction of sp³-hybridized carbons (Fsp3) is 1.00. The number of rotatable bonds is 4. The molecule has 0 saturated heterocycles. The lowest BCUT2D eigenvalue weighted by atomic mass is 9.97. The molecule has 2 atom stereocenters. The summed E-state index contributed by atoms with van der Waals surface area (Å²) in [4.78, 5) is 0. The molecule has 0 aliphatic rings. The zero-order valence-corrected chi connectivity index (χ0v) is 8.95. The molecule has 0 rings (SSSR count). The number of alkyl halides is 14. The molecule has 21 heavy (non-hydrogen) atoms. The Morgan fingerprint density at radius 3 is 1.05 bits per heavy atom. The van der Waals surface area contributed by atoms with Crippen LogP contribution in [0.25, 0.3) is 0 Å². The highest BCUT2D eigenvalue weighted by Crippen LogP contribution is 2.55. The van der Waals surface area contributed by atoms with Gasteiger partial charge in [0.15, 0.2) is 0 Å². The van der Waals surface area contributed by atoms with Crippen LogP contribution >= 0.6 is 0 Å². The highest BCUT2D eigenvalue weighted by atomic mass is 19.4. The Kier molecular flexibility index (Phi) is 4.80. The maximum Gasteiger partial charge on any atom is 0.460 e. The molecule has 0 saturated carbocycles. The fourth-order valence-corrected chi connectivity index (χ4v) is 0.910. The Bertz CT molecular complexity index is 360. The van der Waals surface area contributed by atoms with Crippen molar-refractivity contribution in [3.05, 3.63) is 0 Å². The first-order chi connectivity index (χ1) is 8.82. The first-order valence-electron chi connectivity index (χ1n) is 4.36. The second kappa shape index (κ2) is 5.04. The molecule has 0 radical (unpaired) electrons. The van der Waals surface area contributed by atoms with Crippen molar-refractivity contribution in [3.63, 3.8) is 0 Å². The predicted molar refractivity (Wildman–Crippen MR) is 36.7 cm³/mol. The van der Waals surface area contributed by atoms with Crippen molar-refractivity contribution in [1.29, 1.82) is 0 Å². The average Bonchev–Trinajstić information content (AvgIpc) is 2.23. The molecule has 0 bridgehead atoms. The van der Waals surface area contributed by atoms with Crippen LogP contribution in [-0.2, 0) is 0 Å². The minimum absolute atomic E-state index is 5.40. The largest absolute Gasteiger partial charge is 0.460 e. The quantitative estimate of drug-likeness (QED) is 0.644. The van der Waals surface area contributed by atoms with E-state index in [9.17, 15) is 61.5 Å². The first-order valence-corrected chi connectivity index (χ1v) is 4.36. The molecule has 0 aromatic heterocycles. The molecule has 0 spiro atoms. The summed E-state index contributed by atoms with van der Waals surface area (Å²) >= 11 is 0. The van der Waals surface area contributed by atoms with Gasteiger partial charge in [0.1, 0.15) is 0 Å². The van der Waals surface area contributed by atoms with E-state index in [0.717, 1.165) is 0 Å². The minimum Gasteiger partial charge on any atom is -0.237 e. The number of halogens is 14. The zero-order chi connectivity index (χ0) is 17.7. The Morgan fingerprint density at radius 2 is 0.810 bits per heavy atom. The highest BCUT2D eigenvalue weighted by Gasteiger charge is 2.84. The van der Waals surface area contributed by atoms with Gasteiger partial charge in [0.05, 0.1) is 0 Å². The molecule has 128 valence electrons. The first kappa shape index (κ1) is 20.0. The van der Waals surface area contributed by atoms with Gasteiger partial charge < -0.3 is 0 Å². The molecule has 0 nitrogen and oxygen atoms in total. The van der Waals surface area contributed by atoms with Crippen LogP contribution in [0.15, 0.2) is 0 Å². The normalized spacial score (nSPS) is 18.6. The van der Waals surface area contributed by atoms with Crippen LogP contribution in [0.5, 0.6) is 0 Å². The SMILES string of the molecule is FC(C(F)C(F)(F)C(F)(F)C(F)(F)C(F)(F)F)C(F)(F)F. The molecule has 0 amide bonds. The van der Waals surface area contributed by atoms with Crippen molar-refractivity contribution in [2.24, 2.45) is 0 Å². The standard InChI is InChI=1S/C7H2F14/c8-1(2(9)4(12,13)14)3(10,11)5(15,16)6(17,18)7(19,20)21/h1-2H. The lowest BCUT2D eigenvalue weighted by Gasteiger charge is -2.35. The third-order valence-electron chi connectivity index (χ3n) is 2.08. The third kappa shape index (κ3) is 3.12. The molecular formula is C7H2F14. The Labute approximate surface area is 105 Å². The summed E-state index contributed by atoms with van der Waals surface area (Å²) in [6, 6.07) is 0. The molecule has 0 fully saturated rings. The molecule has 0 aliphatic carbocycles. The molecule has 0 heterocycles. The second-order valence-corrected chi connectivity index (χ2v) is 3.61. The molecule has 2 unspecified atom stereocenters. The molecule has 14 heteroatoms. The maximum absolute atomic E-state index is 12.6. The molecule has 0 N–H and O–H groups in total. The third-order valence-corrected chi connectivity index (χ3v) is 2.08. The van der Waals surface area contributed by atoms with Gasteiger partial charge in [0.25, 0.3) is 0 Å². The van der Waals surface area contributed by atoms with Crippen molar-refractivity contribution >= 4 is 0 Å². The summed E-state index contributed by atoms with van der Waals surface area (Å²) < 4.78 is 168. The smallest absolute Gasteiger partial charge is 0.237 e. The van der Waals surface area contributed by atoms with Gasteiger partial charge in [0, 0.05) is 0 Å². The lowest BCUT2D eigenvalue weighted by Crippen LogP contribution is -2.65. The zero-order valence-electron chi connectivity index (χ0n) is 8.95. The maximum atomic E-state index is 12.6. The van der Waals surface area contributed by atoms with E-state index < -0.39 is 42.5 Å². The van der Waals surface area contributed by atoms with Crippen molar-refractivity contribution in [3.8, 4) is 0 Å². The van der Waals surface area contributed by atoms with Crippen LogP contribution in [0.1, 0.15) is 0 Å². The van der Waals surface area contributed by atoms with Crippen molar-refractivity contribution in [2.45, 2.75) is 42.5 Å². The van der Waals surface area contributed by atoms with E-state index in [0.29, 0.717) is 0 Å². The summed E-state index contributed by atoms with van der Waals surface area (Å²) in [6.45, 7) is 0. The van der Waals surface area contributed by atoms with E-state index in [1.165, 1.54) is 0 Å². The van der Waals surface area contributed by atoms with Gasteiger partial charge in [0.2, 0.25) is 12.3 Å². The molecule has 0 aliphatic heterocycles. The summed E-state index contributed by atoms with van der Waals surface area (Å²) in [5.74, 6) is -22.5. The van der Waals surface area contributed by atoms with Gasteiger partial charge in [-0.15, -0.1) is 0 Å². The number of hydrogen-bond donors (Lipinski definition) is 0. The summed E-state index contributed by atoms with van der Waals surface area (Å²) in [5, 5.41) is 0. The summed E-state index contributed by atoms with van der Waals surface area (Å²) in [5.41, 5.74) is 0. The lowest BCUT2D eigenvalue weighted by molar-refractivity contribution is -0.407. The van der Waals surface area contributed by atoms with Gasteiger partial charge in [-0.1, -0.05) is 0 Å². The number of hydrogen-bond acceptors (Lipinski definition) is 0. The second-order valence-electron chi connectivity index (χ2n) is 3.61. The Hall–Kier alpha value is -0.980. The molecule has 0 aromatic rings. The molecular weight excluding hydrogens is 350 g/mol. The Balaban J connectivity index is 5.79. The van der Waals surface area contributed by atoms with Crippen LogP contribution in [0.4, 0.5) is 61.5 Å². The predicted octanol–water partition coefficient (Wildman–Crippen LogP) is 4.69. The van der Waals surface area contributed by atoms with Crippen LogP contribution in [0.2, 0.25) is 0 Å². The van der Waals surface area contributed by atoms with E-state index in [1.807, 2.05) is 0 Å². The van der Waals surface area contributed by atoms with E-state index in [2.05, 4.69) is 0 Å². The van der Waals surface area contributed by atoms with Gasteiger partial charge in [-0.25, -0.2) is 8.78 Å². The topological polar surface area (TPSA) is 0 Å². The van der Waals surface area contributed by atoms with Crippen LogP contribution < -0.4 is 0 Å². The van der Waals surface area contributed by atoms with Gasteiger partial charge in [-0.2, -0.15) is 52.7 Å². The molecule has 0 aromatic carbocycles. The van der Waals surface area contributed by atoms with E-state index in [4.69, 9.17) is 0 Å². The average molecular weight is 352 g/mol. The van der Waals surface area contributed by atoms with Crippen molar-refractivity contribution in [2.75, 3.05) is 0 Å². The van der Waals surface area contributed by atoms with Crippen molar-refractivity contribution < 1.29 is 61.5 Å². The fourth-order valence-electron chi connectivity index (χ4n) is 0.910. The van der Waals surface area contributed by atoms with Gasteiger partial charge >= 0.3 is 30.1 Å². The van der Waals surface area contributed by atoms with E-state index in [1.54, 1.807) is 0 Å². The monoisotopic (exact) mass is 352 g/mol. The van der Waals surface area contributed by atoms with Crippen LogP contribution in [0, 0.1) is 0 Å². The van der Waals surface area contributed by atoms with Gasteiger partial charge in [-0.3, -0.25) is 0 Å². The van der Waals surface area contributed by atoms with E-state index in [-0.39, 0.29) is 0 Å². The van der Waals surface area contributed by atoms with Crippen molar-refractivity contribution in [1.82, 2.24) is 0 Å². The van der Waals surface area contributed by atoms with E-state index >= 15 is 0 Å². The van der Waals surface area contributed by atoms with Crippen LogP contribution in [-0.4, -0.2) is 42.5 Å². The summed E-state index contributed by atoms with van der Waals surface area (Å²) in [7, 11) is 0. The summed E-state index contributed by atoms with van der Waals surface area (Å²) in [6.07, 6.45) is -24.9.